The molecule has 9 aromatic carbocycles. The van der Waals surface area contributed by atoms with Gasteiger partial charge in [0.1, 0.15) is 0 Å². The summed E-state index contributed by atoms with van der Waals surface area (Å²) in [5.41, 5.74) is 16.0. The predicted molar refractivity (Wildman–Crippen MR) is 230 cm³/mol. The first kappa shape index (κ1) is 32.0. The zero-order valence-electron chi connectivity index (χ0n) is 30.5. The molecular formula is C53H39N. The lowest BCUT2D eigenvalue weighted by atomic mass is 9.81. The molecule has 0 saturated heterocycles. The van der Waals surface area contributed by atoms with Crippen LogP contribution in [0.15, 0.2) is 200 Å². The van der Waals surface area contributed by atoms with Gasteiger partial charge in [0.05, 0.1) is 0 Å². The first-order valence-electron chi connectivity index (χ1n) is 18.8. The van der Waals surface area contributed by atoms with E-state index in [9.17, 15) is 0 Å². The zero-order chi connectivity index (χ0) is 36.2. The molecule has 0 saturated carbocycles. The summed E-state index contributed by atoms with van der Waals surface area (Å²) in [6.07, 6.45) is 0. The highest BCUT2D eigenvalue weighted by molar-refractivity contribution is 6.04. The molecule has 10 rings (SSSR count). The number of hydrogen-bond acceptors (Lipinski definition) is 1. The van der Waals surface area contributed by atoms with Crippen molar-refractivity contribution in [2.24, 2.45) is 0 Å². The average Bonchev–Trinajstić information content (AvgIpc) is 3.46. The quantitative estimate of drug-likeness (QED) is 0.168. The molecule has 0 heterocycles. The monoisotopic (exact) mass is 689 g/mol. The molecule has 0 amide bonds. The molecule has 0 N–H and O–H groups in total. The molecule has 0 aliphatic heterocycles. The summed E-state index contributed by atoms with van der Waals surface area (Å²) in [4.78, 5) is 2.41. The van der Waals surface area contributed by atoms with Crippen LogP contribution in [0.5, 0.6) is 0 Å². The second-order valence-corrected chi connectivity index (χ2v) is 14.9. The Hall–Kier alpha value is -6.70. The fourth-order valence-electron chi connectivity index (χ4n) is 8.78. The Bertz CT molecular complexity index is 2840. The normalized spacial score (nSPS) is 12.8. The Labute approximate surface area is 317 Å². The van der Waals surface area contributed by atoms with Gasteiger partial charge >= 0.3 is 0 Å². The second-order valence-electron chi connectivity index (χ2n) is 14.9. The number of anilines is 3. The molecule has 0 atom stereocenters. The summed E-state index contributed by atoms with van der Waals surface area (Å²) >= 11 is 0. The van der Waals surface area contributed by atoms with Gasteiger partial charge in [0.15, 0.2) is 0 Å². The Morgan fingerprint density at radius 1 is 0.333 bits per heavy atom. The van der Waals surface area contributed by atoms with Gasteiger partial charge in [-0.2, -0.15) is 0 Å². The molecule has 1 nitrogen and oxygen atoms in total. The van der Waals surface area contributed by atoms with Crippen LogP contribution in [0.3, 0.4) is 0 Å². The highest BCUT2D eigenvalue weighted by Gasteiger charge is 2.37. The molecule has 0 spiro atoms. The summed E-state index contributed by atoms with van der Waals surface area (Å²) in [6, 6.07) is 73.3. The maximum absolute atomic E-state index is 2.44. The zero-order valence-corrected chi connectivity index (χ0v) is 30.5. The van der Waals surface area contributed by atoms with Gasteiger partial charge < -0.3 is 4.90 Å². The number of fused-ring (bicyclic) bond motifs is 5. The third kappa shape index (κ3) is 5.24. The second kappa shape index (κ2) is 12.8. The minimum absolute atomic E-state index is 0.176. The van der Waals surface area contributed by atoms with Crippen molar-refractivity contribution >= 4 is 38.6 Å². The maximum Gasteiger partial charge on any atom is 0.0467 e. The van der Waals surface area contributed by atoms with E-state index in [1.807, 2.05) is 0 Å². The van der Waals surface area contributed by atoms with Gasteiger partial charge in [0.2, 0.25) is 0 Å². The lowest BCUT2D eigenvalue weighted by molar-refractivity contribution is 0.660. The Balaban J connectivity index is 1.12. The molecule has 0 fully saturated rings. The summed E-state index contributed by atoms with van der Waals surface area (Å²) in [6.45, 7) is 4.76. The van der Waals surface area contributed by atoms with Crippen molar-refractivity contribution in [1.82, 2.24) is 0 Å². The Kier molecular flexibility index (Phi) is 7.56. The van der Waals surface area contributed by atoms with Crippen LogP contribution in [0.1, 0.15) is 25.0 Å². The first-order chi connectivity index (χ1) is 26.5. The van der Waals surface area contributed by atoms with E-state index in [4.69, 9.17) is 0 Å². The largest absolute Gasteiger partial charge is 0.310 e. The van der Waals surface area contributed by atoms with Gasteiger partial charge in [-0.25, -0.2) is 0 Å². The molecule has 9 aromatic rings. The SMILES string of the molecule is CC1(C)c2cc(N(c3ccccc3)c3cccc(-c4cc(-c5ccccc5)c5ccccc5c4)c3)ccc2-c2c(-c3cccc4ccccc34)cccc21. The summed E-state index contributed by atoms with van der Waals surface area (Å²) < 4.78 is 0. The lowest BCUT2D eigenvalue weighted by Gasteiger charge is -2.28. The van der Waals surface area contributed by atoms with E-state index < -0.39 is 0 Å². The molecular weight excluding hydrogens is 651 g/mol. The van der Waals surface area contributed by atoms with Crippen molar-refractivity contribution in [3.8, 4) is 44.5 Å². The Morgan fingerprint density at radius 3 is 1.74 bits per heavy atom. The van der Waals surface area contributed by atoms with Crippen LogP contribution >= 0.6 is 0 Å². The van der Waals surface area contributed by atoms with Gasteiger partial charge in [-0.05, 0) is 126 Å². The van der Waals surface area contributed by atoms with Gasteiger partial charge in [-0.15, -0.1) is 0 Å². The maximum atomic E-state index is 2.44. The van der Waals surface area contributed by atoms with E-state index in [0.29, 0.717) is 0 Å². The smallest absolute Gasteiger partial charge is 0.0467 e. The minimum Gasteiger partial charge on any atom is -0.310 e. The predicted octanol–water partition coefficient (Wildman–Crippen LogP) is 14.8. The number of nitrogens with zero attached hydrogens (tertiary/aromatic N) is 1. The third-order valence-corrected chi connectivity index (χ3v) is 11.4. The van der Waals surface area contributed by atoms with Gasteiger partial charge in [-0.1, -0.05) is 166 Å². The van der Waals surface area contributed by atoms with Crippen molar-refractivity contribution in [2.45, 2.75) is 19.3 Å². The van der Waals surface area contributed by atoms with Gasteiger partial charge in [-0.3, -0.25) is 0 Å². The number of hydrogen-bond donors (Lipinski definition) is 0. The molecule has 0 aromatic heterocycles. The molecule has 0 unspecified atom stereocenters. The highest BCUT2D eigenvalue weighted by atomic mass is 15.1. The van der Waals surface area contributed by atoms with E-state index in [1.54, 1.807) is 0 Å². The molecule has 256 valence electrons. The standard InChI is InChI=1S/C53H39N/c1-53(2)50-29-15-28-47(46-27-14-20-36-18-9-11-25-44(36)46)52(50)48-31-30-43(35-51(48)53)54(41-22-7-4-8-23-41)42-24-13-21-38(33-42)40-32-39-19-10-12-26-45(39)49(34-40)37-16-5-3-6-17-37/h3-35H,1-2H3. The van der Waals surface area contributed by atoms with Crippen LogP contribution in [0, 0.1) is 0 Å². The average molecular weight is 690 g/mol. The number of rotatable bonds is 6. The van der Waals surface area contributed by atoms with Crippen LogP contribution in [0.2, 0.25) is 0 Å². The van der Waals surface area contributed by atoms with Crippen LogP contribution in [-0.4, -0.2) is 0 Å². The molecule has 1 heteroatoms. The van der Waals surface area contributed by atoms with Crippen LogP contribution in [0.25, 0.3) is 66.1 Å². The van der Waals surface area contributed by atoms with E-state index in [0.717, 1.165) is 17.1 Å². The molecule has 1 aliphatic rings. The Morgan fingerprint density at radius 2 is 0.926 bits per heavy atom. The summed E-state index contributed by atoms with van der Waals surface area (Å²) in [5, 5.41) is 5.05. The molecule has 1 aliphatic carbocycles. The fraction of sp³-hybridized carbons (Fsp3) is 0.0566. The topological polar surface area (TPSA) is 3.24 Å². The highest BCUT2D eigenvalue weighted by Crippen LogP contribution is 2.54. The molecule has 54 heavy (non-hydrogen) atoms. The van der Waals surface area contributed by atoms with Crippen LogP contribution in [0.4, 0.5) is 17.1 Å². The van der Waals surface area contributed by atoms with Crippen LogP contribution in [-0.2, 0) is 5.41 Å². The first-order valence-corrected chi connectivity index (χ1v) is 18.8. The van der Waals surface area contributed by atoms with Crippen LogP contribution < -0.4 is 4.90 Å². The van der Waals surface area contributed by atoms with Gasteiger partial charge in [0, 0.05) is 22.5 Å². The summed E-state index contributed by atoms with van der Waals surface area (Å²) in [5.74, 6) is 0. The number of benzene rings is 9. The van der Waals surface area contributed by atoms with Crippen molar-refractivity contribution in [2.75, 3.05) is 4.90 Å². The number of para-hydroxylation sites is 1. The van der Waals surface area contributed by atoms with E-state index in [-0.39, 0.29) is 5.41 Å². The van der Waals surface area contributed by atoms with E-state index >= 15 is 0 Å². The fourth-order valence-corrected chi connectivity index (χ4v) is 8.78. The molecule has 0 radical (unpaired) electrons. The van der Waals surface area contributed by atoms with Crippen molar-refractivity contribution in [1.29, 1.82) is 0 Å². The molecule has 0 bridgehead atoms. The minimum atomic E-state index is -0.176. The van der Waals surface area contributed by atoms with Crippen molar-refractivity contribution in [3.63, 3.8) is 0 Å². The summed E-state index contributed by atoms with van der Waals surface area (Å²) in [7, 11) is 0. The van der Waals surface area contributed by atoms with Crippen molar-refractivity contribution < 1.29 is 0 Å². The lowest BCUT2D eigenvalue weighted by Crippen LogP contribution is -2.16. The van der Waals surface area contributed by atoms with E-state index in [2.05, 4.69) is 219 Å². The van der Waals surface area contributed by atoms with Gasteiger partial charge in [0.25, 0.3) is 0 Å². The van der Waals surface area contributed by atoms with E-state index in [1.165, 1.54) is 77.2 Å². The van der Waals surface area contributed by atoms with Crippen molar-refractivity contribution in [3.05, 3.63) is 211 Å². The third-order valence-electron chi connectivity index (χ3n) is 11.4.